The Morgan fingerprint density at radius 2 is 1.64 bits per heavy atom. The summed E-state index contributed by atoms with van der Waals surface area (Å²) >= 11 is 6.10. The van der Waals surface area contributed by atoms with Crippen LogP contribution in [0, 0.1) is 5.92 Å². The third-order valence-electron chi connectivity index (χ3n) is 1.57. The van der Waals surface area contributed by atoms with Crippen LogP contribution in [-0.2, 0) is 0 Å². The number of hydrogen-bond donors (Lipinski definition) is 0. The Hall–Kier alpha value is -0.560. The molecule has 0 radical (unpaired) electrons. The summed E-state index contributed by atoms with van der Waals surface area (Å²) in [5, 5.41) is 0. The molecule has 0 bridgehead atoms. The van der Waals surface area contributed by atoms with Gasteiger partial charge in [-0.3, -0.25) is 0 Å². The second-order valence-electron chi connectivity index (χ2n) is 2.94. The van der Waals surface area contributed by atoms with Crippen LogP contribution in [0.3, 0.4) is 0 Å². The number of alkyl halides is 1. The maximum atomic E-state index is 6.10. The second-order valence-corrected chi connectivity index (χ2v) is 3.39. The molecule has 0 aliphatic heterocycles. The minimum Gasteiger partial charge on any atom is -0.188 e. The summed E-state index contributed by atoms with van der Waals surface area (Å²) in [4.78, 5) is 0. The third kappa shape index (κ3) is 2.19. The van der Waals surface area contributed by atoms with Gasteiger partial charge in [0.1, 0.15) is 0 Å². The van der Waals surface area contributed by atoms with Gasteiger partial charge in [-0.1, -0.05) is 19.9 Å². The van der Waals surface area contributed by atoms with Gasteiger partial charge in [-0.25, -0.2) is 0 Å². The molecule has 1 nitrogen and oxygen atoms in total. The maximum Gasteiger partial charge on any atom is 0.234 e. The average molecular weight is 171 g/mol. The van der Waals surface area contributed by atoms with Crippen molar-refractivity contribution in [3.05, 3.63) is 30.6 Å². The summed E-state index contributed by atoms with van der Waals surface area (Å²) in [7, 11) is 0. The van der Waals surface area contributed by atoms with Crippen molar-refractivity contribution in [2.75, 3.05) is 0 Å². The fourth-order valence-corrected chi connectivity index (χ4v) is 1.05. The summed E-state index contributed by atoms with van der Waals surface area (Å²) in [6.07, 6.45) is 3.97. The Balaban J connectivity index is 2.77. The molecule has 0 amide bonds. The van der Waals surface area contributed by atoms with E-state index in [0.29, 0.717) is 5.92 Å². The monoisotopic (exact) mass is 170 g/mol. The minimum absolute atomic E-state index is 0.0659. The summed E-state index contributed by atoms with van der Waals surface area (Å²) < 4.78 is 2.01. The molecule has 0 N–H and O–H groups in total. The summed E-state index contributed by atoms with van der Waals surface area (Å²) in [5.74, 6) is 0.462. The number of halogens is 1. The van der Waals surface area contributed by atoms with Gasteiger partial charge >= 0.3 is 0 Å². The first-order valence-electron chi connectivity index (χ1n) is 3.81. The van der Waals surface area contributed by atoms with Crippen LogP contribution in [0.4, 0.5) is 0 Å². The van der Waals surface area contributed by atoms with E-state index in [-0.39, 0.29) is 5.50 Å². The van der Waals surface area contributed by atoms with Gasteiger partial charge in [0, 0.05) is 18.1 Å². The smallest absolute Gasteiger partial charge is 0.188 e. The fourth-order valence-electron chi connectivity index (χ4n) is 0.921. The molecule has 1 aromatic rings. The molecule has 0 spiro atoms. The van der Waals surface area contributed by atoms with Gasteiger partial charge in [-0.05, 0) is 11.6 Å². The van der Waals surface area contributed by atoms with Crippen LogP contribution in [0.15, 0.2) is 30.6 Å². The molecule has 1 heterocycles. The van der Waals surface area contributed by atoms with E-state index in [0.717, 1.165) is 0 Å². The summed E-state index contributed by atoms with van der Waals surface area (Å²) in [6.45, 7) is 4.22. The molecular weight excluding hydrogens is 158 g/mol. The predicted molar refractivity (Wildman–Crippen MR) is 46.4 cm³/mol. The third-order valence-corrected chi connectivity index (χ3v) is 2.30. The Bertz CT molecular complexity index is 208. The number of aromatic nitrogens is 1. The van der Waals surface area contributed by atoms with Gasteiger partial charge < -0.3 is 0 Å². The van der Waals surface area contributed by atoms with Crippen molar-refractivity contribution < 1.29 is 4.57 Å². The van der Waals surface area contributed by atoms with Crippen LogP contribution in [0.5, 0.6) is 0 Å². The highest BCUT2D eigenvalue weighted by atomic mass is 35.5. The first-order valence-corrected chi connectivity index (χ1v) is 4.25. The lowest BCUT2D eigenvalue weighted by molar-refractivity contribution is -0.708. The van der Waals surface area contributed by atoms with Gasteiger partial charge in [-0.15, -0.1) is 0 Å². The SMILES string of the molecule is CC(C)C(Cl)[n+]1ccccc1. The molecule has 1 rings (SSSR count). The van der Waals surface area contributed by atoms with Crippen molar-refractivity contribution >= 4 is 11.6 Å². The number of nitrogens with zero attached hydrogens (tertiary/aromatic N) is 1. The molecule has 1 atom stereocenters. The Kier molecular flexibility index (Phi) is 2.89. The van der Waals surface area contributed by atoms with Crippen molar-refractivity contribution in [1.82, 2.24) is 0 Å². The molecule has 0 fully saturated rings. The molecule has 1 aromatic heterocycles. The minimum atomic E-state index is 0.0659. The van der Waals surface area contributed by atoms with E-state index in [1.165, 1.54) is 0 Å². The van der Waals surface area contributed by atoms with Gasteiger partial charge in [-0.2, -0.15) is 4.57 Å². The van der Waals surface area contributed by atoms with Crippen molar-refractivity contribution in [2.24, 2.45) is 5.92 Å². The summed E-state index contributed by atoms with van der Waals surface area (Å²) in [6, 6.07) is 5.95. The number of rotatable bonds is 2. The lowest BCUT2D eigenvalue weighted by atomic mass is 10.2. The quantitative estimate of drug-likeness (QED) is 0.474. The van der Waals surface area contributed by atoms with Crippen LogP contribution in [-0.4, -0.2) is 0 Å². The largest absolute Gasteiger partial charge is 0.234 e. The zero-order chi connectivity index (χ0) is 8.27. The van der Waals surface area contributed by atoms with Crippen molar-refractivity contribution in [2.45, 2.75) is 19.3 Å². The molecule has 0 aromatic carbocycles. The maximum absolute atomic E-state index is 6.10. The van der Waals surface area contributed by atoms with Gasteiger partial charge in [0.15, 0.2) is 12.4 Å². The Labute approximate surface area is 72.6 Å². The lowest BCUT2D eigenvalue weighted by Crippen LogP contribution is -2.37. The van der Waals surface area contributed by atoms with E-state index < -0.39 is 0 Å². The average Bonchev–Trinajstić information content (AvgIpc) is 2.05. The molecular formula is C9H13ClN+. The number of pyridine rings is 1. The topological polar surface area (TPSA) is 3.88 Å². The van der Waals surface area contributed by atoms with E-state index in [1.807, 2.05) is 35.2 Å². The normalized spacial score (nSPS) is 13.5. The molecule has 0 saturated heterocycles. The van der Waals surface area contributed by atoms with Crippen LogP contribution in [0.2, 0.25) is 0 Å². The zero-order valence-electron chi connectivity index (χ0n) is 6.87. The standard InChI is InChI=1S/C9H13ClN/c1-8(2)9(10)11-6-4-3-5-7-11/h3-9H,1-2H3/q+1. The van der Waals surface area contributed by atoms with Crippen LogP contribution in [0.25, 0.3) is 0 Å². The van der Waals surface area contributed by atoms with Crippen LogP contribution >= 0.6 is 11.6 Å². The van der Waals surface area contributed by atoms with E-state index in [4.69, 9.17) is 11.6 Å². The molecule has 0 aliphatic carbocycles. The van der Waals surface area contributed by atoms with Gasteiger partial charge in [0.25, 0.3) is 0 Å². The predicted octanol–water partition coefficient (Wildman–Crippen LogP) is 2.37. The van der Waals surface area contributed by atoms with Gasteiger partial charge in [0.05, 0.1) is 0 Å². The van der Waals surface area contributed by atoms with Crippen LogP contribution < -0.4 is 4.57 Å². The second kappa shape index (κ2) is 3.72. The van der Waals surface area contributed by atoms with E-state index in [2.05, 4.69) is 13.8 Å². The molecule has 0 saturated carbocycles. The molecule has 11 heavy (non-hydrogen) atoms. The number of hydrogen-bond acceptors (Lipinski definition) is 0. The van der Waals surface area contributed by atoms with E-state index >= 15 is 0 Å². The Morgan fingerprint density at radius 1 is 1.09 bits per heavy atom. The Morgan fingerprint density at radius 3 is 2.09 bits per heavy atom. The zero-order valence-corrected chi connectivity index (χ0v) is 7.62. The molecule has 0 aliphatic rings. The first kappa shape index (κ1) is 8.54. The highest BCUT2D eigenvalue weighted by molar-refractivity contribution is 6.18. The van der Waals surface area contributed by atoms with Crippen molar-refractivity contribution in [3.8, 4) is 0 Å². The summed E-state index contributed by atoms with van der Waals surface area (Å²) in [5.41, 5.74) is 0.0659. The molecule has 1 unspecified atom stereocenters. The highest BCUT2D eigenvalue weighted by Gasteiger charge is 2.17. The lowest BCUT2D eigenvalue weighted by Gasteiger charge is -2.06. The van der Waals surface area contributed by atoms with E-state index in [1.54, 1.807) is 0 Å². The van der Waals surface area contributed by atoms with Crippen LogP contribution in [0.1, 0.15) is 19.3 Å². The first-order chi connectivity index (χ1) is 5.22. The van der Waals surface area contributed by atoms with Gasteiger partial charge in [0.2, 0.25) is 5.50 Å². The highest BCUT2D eigenvalue weighted by Crippen LogP contribution is 2.14. The molecule has 60 valence electrons. The molecule has 2 heteroatoms. The van der Waals surface area contributed by atoms with Crippen molar-refractivity contribution in [3.63, 3.8) is 0 Å². The van der Waals surface area contributed by atoms with Crippen molar-refractivity contribution in [1.29, 1.82) is 0 Å². The van der Waals surface area contributed by atoms with E-state index in [9.17, 15) is 0 Å². The fraction of sp³-hybridized carbons (Fsp3) is 0.444.